The fourth-order valence-electron chi connectivity index (χ4n) is 3.19. The van der Waals surface area contributed by atoms with Crippen LogP contribution in [0.2, 0.25) is 5.02 Å². The lowest BCUT2D eigenvalue weighted by Gasteiger charge is -2.31. The Morgan fingerprint density at radius 2 is 1.88 bits per heavy atom. The maximum Gasteiger partial charge on any atom is 0.253 e. The van der Waals surface area contributed by atoms with E-state index in [1.807, 2.05) is 53.4 Å². The Bertz CT molecular complexity index is 869. The molecule has 3 aromatic rings. The first kappa shape index (κ1) is 15.6. The predicted molar refractivity (Wildman–Crippen MR) is 99.0 cm³/mol. The molecule has 0 unspecified atom stereocenters. The third kappa shape index (κ3) is 3.04. The quantitative estimate of drug-likeness (QED) is 0.649. The molecule has 1 saturated heterocycles. The van der Waals surface area contributed by atoms with E-state index in [0.717, 1.165) is 42.0 Å². The summed E-state index contributed by atoms with van der Waals surface area (Å²) in [5, 5.41) is 1.89. The van der Waals surface area contributed by atoms with Crippen LogP contribution in [0.4, 0.5) is 0 Å². The second-order valence-electron chi connectivity index (χ2n) is 6.10. The highest BCUT2D eigenvalue weighted by Crippen LogP contribution is 2.34. The lowest BCUT2D eigenvalue weighted by Crippen LogP contribution is -2.37. The van der Waals surface area contributed by atoms with Crippen molar-refractivity contribution in [2.75, 3.05) is 13.1 Å². The molecule has 5 heteroatoms. The van der Waals surface area contributed by atoms with Crippen LogP contribution in [0.25, 0.3) is 10.2 Å². The number of amides is 1. The van der Waals surface area contributed by atoms with Gasteiger partial charge in [-0.15, -0.1) is 11.3 Å². The molecule has 1 aromatic heterocycles. The van der Waals surface area contributed by atoms with Crippen LogP contribution in [-0.4, -0.2) is 28.9 Å². The third-order valence-corrected chi connectivity index (χ3v) is 5.95. The molecule has 4 rings (SSSR count). The minimum atomic E-state index is 0.130. The van der Waals surface area contributed by atoms with E-state index in [1.165, 1.54) is 9.71 Å². The first-order chi connectivity index (χ1) is 11.7. The normalized spacial score (nSPS) is 15.8. The van der Waals surface area contributed by atoms with Crippen LogP contribution in [0.5, 0.6) is 0 Å². The van der Waals surface area contributed by atoms with Gasteiger partial charge in [-0.25, -0.2) is 4.98 Å². The van der Waals surface area contributed by atoms with Crippen molar-refractivity contribution in [3.63, 3.8) is 0 Å². The Balaban J connectivity index is 1.46. The molecule has 0 bridgehead atoms. The fraction of sp³-hybridized carbons (Fsp3) is 0.263. The zero-order chi connectivity index (χ0) is 16.5. The number of aromatic nitrogens is 1. The van der Waals surface area contributed by atoms with Gasteiger partial charge in [0.2, 0.25) is 0 Å². The number of carbonyl (C=O) groups is 1. The second-order valence-corrected chi connectivity index (χ2v) is 7.60. The zero-order valence-electron chi connectivity index (χ0n) is 13.1. The van der Waals surface area contributed by atoms with E-state index in [-0.39, 0.29) is 5.91 Å². The lowest BCUT2D eigenvalue weighted by molar-refractivity contribution is 0.0713. The van der Waals surface area contributed by atoms with Crippen molar-refractivity contribution in [2.24, 2.45) is 0 Å². The monoisotopic (exact) mass is 356 g/mol. The summed E-state index contributed by atoms with van der Waals surface area (Å²) in [7, 11) is 0. The molecule has 0 atom stereocenters. The van der Waals surface area contributed by atoms with Gasteiger partial charge in [-0.3, -0.25) is 4.79 Å². The number of benzene rings is 2. The van der Waals surface area contributed by atoms with Crippen LogP contribution < -0.4 is 0 Å². The molecule has 24 heavy (non-hydrogen) atoms. The summed E-state index contributed by atoms with van der Waals surface area (Å²) in [4.78, 5) is 19.2. The molecule has 1 aliphatic heterocycles. The molecule has 122 valence electrons. The number of halogens is 1. The minimum Gasteiger partial charge on any atom is -0.339 e. The van der Waals surface area contributed by atoms with Gasteiger partial charge >= 0.3 is 0 Å². The standard InChI is InChI=1S/C19H17ClN2OS/c20-15-6-7-17-16(12-15)21-18(24-17)13-8-10-22(11-9-13)19(23)14-4-2-1-3-5-14/h1-7,12-13H,8-11H2. The average molecular weight is 357 g/mol. The van der Waals surface area contributed by atoms with E-state index in [4.69, 9.17) is 16.6 Å². The summed E-state index contributed by atoms with van der Waals surface area (Å²) in [6.45, 7) is 1.57. The number of rotatable bonds is 2. The number of likely N-dealkylation sites (tertiary alicyclic amines) is 1. The molecule has 0 spiro atoms. The van der Waals surface area contributed by atoms with Gasteiger partial charge in [0.15, 0.2) is 0 Å². The molecular weight excluding hydrogens is 340 g/mol. The number of thiazole rings is 1. The molecule has 0 saturated carbocycles. The second kappa shape index (κ2) is 6.54. The molecular formula is C19H17ClN2OS. The molecule has 2 heterocycles. The van der Waals surface area contributed by atoms with Gasteiger partial charge in [0, 0.05) is 29.6 Å². The van der Waals surface area contributed by atoms with Gasteiger partial charge in [-0.1, -0.05) is 29.8 Å². The van der Waals surface area contributed by atoms with E-state index in [0.29, 0.717) is 5.92 Å². The van der Waals surface area contributed by atoms with Gasteiger partial charge in [-0.05, 0) is 43.2 Å². The van der Waals surface area contributed by atoms with E-state index in [2.05, 4.69) is 0 Å². The maximum atomic E-state index is 12.5. The largest absolute Gasteiger partial charge is 0.339 e. The van der Waals surface area contributed by atoms with Gasteiger partial charge < -0.3 is 4.90 Å². The number of fused-ring (bicyclic) bond motifs is 1. The van der Waals surface area contributed by atoms with Crippen LogP contribution in [0, 0.1) is 0 Å². The number of carbonyl (C=O) groups excluding carboxylic acids is 1. The average Bonchev–Trinajstić information content (AvgIpc) is 3.05. The smallest absolute Gasteiger partial charge is 0.253 e. The Labute approximate surface area is 149 Å². The highest BCUT2D eigenvalue weighted by Gasteiger charge is 2.26. The summed E-state index contributed by atoms with van der Waals surface area (Å²) >= 11 is 7.79. The van der Waals surface area contributed by atoms with Crippen LogP contribution in [0.15, 0.2) is 48.5 Å². The molecule has 1 fully saturated rings. The van der Waals surface area contributed by atoms with Gasteiger partial charge in [0.1, 0.15) is 0 Å². The highest BCUT2D eigenvalue weighted by molar-refractivity contribution is 7.18. The summed E-state index contributed by atoms with van der Waals surface area (Å²) in [6, 6.07) is 15.4. The van der Waals surface area contributed by atoms with Gasteiger partial charge in [0.05, 0.1) is 15.2 Å². The van der Waals surface area contributed by atoms with Crippen molar-refractivity contribution in [3.8, 4) is 0 Å². The summed E-state index contributed by atoms with van der Waals surface area (Å²) in [5.74, 6) is 0.561. The fourth-order valence-corrected chi connectivity index (χ4v) is 4.47. The SMILES string of the molecule is O=C(c1ccccc1)N1CCC(c2nc3cc(Cl)ccc3s2)CC1. The van der Waals surface area contributed by atoms with E-state index >= 15 is 0 Å². The van der Waals surface area contributed by atoms with Crippen molar-refractivity contribution in [1.29, 1.82) is 0 Å². The topological polar surface area (TPSA) is 33.2 Å². The molecule has 1 amide bonds. The lowest BCUT2D eigenvalue weighted by atomic mass is 9.97. The first-order valence-electron chi connectivity index (χ1n) is 8.11. The van der Waals surface area contributed by atoms with E-state index < -0.39 is 0 Å². The van der Waals surface area contributed by atoms with Gasteiger partial charge in [-0.2, -0.15) is 0 Å². The Hall–Kier alpha value is -1.91. The van der Waals surface area contributed by atoms with Crippen LogP contribution in [0.3, 0.4) is 0 Å². The maximum absolute atomic E-state index is 12.5. The van der Waals surface area contributed by atoms with E-state index in [9.17, 15) is 4.79 Å². The summed E-state index contributed by atoms with van der Waals surface area (Å²) < 4.78 is 1.18. The number of hydrogen-bond acceptors (Lipinski definition) is 3. The van der Waals surface area contributed by atoms with Crippen LogP contribution >= 0.6 is 22.9 Å². The summed E-state index contributed by atoms with van der Waals surface area (Å²) in [5.41, 5.74) is 1.75. The Morgan fingerprint density at radius 3 is 2.62 bits per heavy atom. The minimum absolute atomic E-state index is 0.130. The summed E-state index contributed by atoms with van der Waals surface area (Å²) in [6.07, 6.45) is 1.93. The molecule has 0 radical (unpaired) electrons. The van der Waals surface area contributed by atoms with Crippen molar-refractivity contribution in [3.05, 3.63) is 64.1 Å². The van der Waals surface area contributed by atoms with Crippen LogP contribution in [-0.2, 0) is 0 Å². The Morgan fingerprint density at radius 1 is 1.12 bits per heavy atom. The van der Waals surface area contributed by atoms with Crippen molar-refractivity contribution in [2.45, 2.75) is 18.8 Å². The third-order valence-electron chi connectivity index (χ3n) is 4.52. The molecule has 0 N–H and O–H groups in total. The van der Waals surface area contributed by atoms with Crippen molar-refractivity contribution < 1.29 is 4.79 Å². The molecule has 2 aromatic carbocycles. The molecule has 0 aliphatic carbocycles. The van der Waals surface area contributed by atoms with Crippen LogP contribution in [0.1, 0.15) is 34.1 Å². The number of nitrogens with zero attached hydrogens (tertiary/aromatic N) is 2. The zero-order valence-corrected chi connectivity index (χ0v) is 14.7. The highest BCUT2D eigenvalue weighted by atomic mass is 35.5. The Kier molecular flexibility index (Phi) is 4.25. The van der Waals surface area contributed by atoms with Crippen molar-refractivity contribution in [1.82, 2.24) is 9.88 Å². The predicted octanol–water partition coefficient (Wildman–Crippen LogP) is 4.97. The first-order valence-corrected chi connectivity index (χ1v) is 9.30. The number of hydrogen-bond donors (Lipinski definition) is 0. The molecule has 3 nitrogen and oxygen atoms in total. The molecule has 1 aliphatic rings. The van der Waals surface area contributed by atoms with Gasteiger partial charge in [0.25, 0.3) is 5.91 Å². The van der Waals surface area contributed by atoms with Crippen molar-refractivity contribution >= 4 is 39.1 Å². The number of piperidine rings is 1. The van der Waals surface area contributed by atoms with E-state index in [1.54, 1.807) is 11.3 Å².